The van der Waals surface area contributed by atoms with Gasteiger partial charge in [0.25, 0.3) is 0 Å². The van der Waals surface area contributed by atoms with Gasteiger partial charge in [-0.05, 0) is 59.9 Å². The second-order valence-corrected chi connectivity index (χ2v) is 6.91. The summed E-state index contributed by atoms with van der Waals surface area (Å²) in [5, 5.41) is 7.80. The van der Waals surface area contributed by atoms with Crippen molar-refractivity contribution in [2.45, 2.75) is 13.8 Å². The van der Waals surface area contributed by atoms with Crippen LogP contribution in [-0.2, 0) is 4.79 Å². The second kappa shape index (κ2) is 9.20. The third kappa shape index (κ3) is 6.52. The van der Waals surface area contributed by atoms with E-state index in [0.717, 1.165) is 16.3 Å². The second-order valence-electron chi connectivity index (χ2n) is 5.52. The van der Waals surface area contributed by atoms with Gasteiger partial charge < -0.3 is 10.1 Å². The largest absolute Gasteiger partial charge is 0.493 e. The van der Waals surface area contributed by atoms with Gasteiger partial charge in [-0.1, -0.05) is 19.9 Å². The van der Waals surface area contributed by atoms with E-state index in [-0.39, 0.29) is 11.0 Å². The highest BCUT2D eigenvalue weighted by Gasteiger charge is 2.03. The Morgan fingerprint density at radius 3 is 2.67 bits per heavy atom. The first-order valence-electron chi connectivity index (χ1n) is 7.59. The molecule has 4 nitrogen and oxygen atoms in total. The first-order chi connectivity index (χ1) is 11.5. The van der Waals surface area contributed by atoms with Crippen LogP contribution < -0.4 is 15.4 Å². The Labute approximate surface area is 151 Å². The van der Waals surface area contributed by atoms with Crippen molar-refractivity contribution in [1.82, 2.24) is 5.32 Å². The molecular formula is C18H20N2O2S2. The van der Waals surface area contributed by atoms with Gasteiger partial charge in [-0.3, -0.25) is 10.1 Å². The molecule has 1 heterocycles. The summed E-state index contributed by atoms with van der Waals surface area (Å²) in [5.74, 6) is 1.02. The van der Waals surface area contributed by atoms with Crippen LogP contribution in [0.25, 0.3) is 6.08 Å². The van der Waals surface area contributed by atoms with Gasteiger partial charge in [-0.25, -0.2) is 0 Å². The Morgan fingerprint density at radius 1 is 1.29 bits per heavy atom. The van der Waals surface area contributed by atoms with Gasteiger partial charge in [0.1, 0.15) is 5.75 Å². The number of anilines is 1. The zero-order chi connectivity index (χ0) is 17.4. The summed E-state index contributed by atoms with van der Waals surface area (Å²) >= 11 is 6.71. The molecule has 0 atom stereocenters. The molecule has 1 amide bonds. The number of hydrogen-bond acceptors (Lipinski definition) is 4. The number of thiophene rings is 1. The minimum Gasteiger partial charge on any atom is -0.493 e. The Balaban J connectivity index is 1.80. The van der Waals surface area contributed by atoms with Crippen molar-refractivity contribution < 1.29 is 9.53 Å². The van der Waals surface area contributed by atoms with Gasteiger partial charge in [0.05, 0.1) is 6.61 Å². The normalized spacial score (nSPS) is 10.8. The molecule has 1 aromatic heterocycles. The van der Waals surface area contributed by atoms with Crippen LogP contribution in [0.15, 0.2) is 47.9 Å². The number of rotatable bonds is 6. The molecule has 2 rings (SSSR count). The maximum absolute atomic E-state index is 11.8. The van der Waals surface area contributed by atoms with Crippen LogP contribution in [0.1, 0.15) is 18.7 Å². The Kier molecular flexibility index (Phi) is 6.96. The van der Waals surface area contributed by atoms with Gasteiger partial charge in [-0.15, -0.1) is 11.3 Å². The predicted molar refractivity (Wildman–Crippen MR) is 104 cm³/mol. The molecular weight excluding hydrogens is 340 g/mol. The number of benzene rings is 1. The number of carbonyl (C=O) groups excluding carboxylic acids is 1. The lowest BCUT2D eigenvalue weighted by Gasteiger charge is -2.11. The van der Waals surface area contributed by atoms with Crippen LogP contribution in [0.2, 0.25) is 0 Å². The highest BCUT2D eigenvalue weighted by Crippen LogP contribution is 2.16. The van der Waals surface area contributed by atoms with E-state index >= 15 is 0 Å². The molecule has 24 heavy (non-hydrogen) atoms. The average Bonchev–Trinajstić information content (AvgIpc) is 3.05. The topological polar surface area (TPSA) is 50.4 Å². The molecule has 0 unspecified atom stereocenters. The monoisotopic (exact) mass is 360 g/mol. The van der Waals surface area contributed by atoms with E-state index in [2.05, 4.69) is 24.5 Å². The fourth-order valence-electron chi connectivity index (χ4n) is 1.76. The molecule has 0 aliphatic rings. The van der Waals surface area contributed by atoms with Crippen LogP contribution in [0.3, 0.4) is 0 Å². The highest BCUT2D eigenvalue weighted by molar-refractivity contribution is 7.80. The molecule has 0 saturated heterocycles. The van der Waals surface area contributed by atoms with E-state index in [0.29, 0.717) is 12.5 Å². The van der Waals surface area contributed by atoms with Crippen LogP contribution >= 0.6 is 23.6 Å². The van der Waals surface area contributed by atoms with E-state index in [1.807, 2.05) is 41.8 Å². The SMILES string of the molecule is CC(C)COc1ccc(NC(=S)NC(=O)/C=C/c2cccs2)cc1. The van der Waals surface area contributed by atoms with E-state index < -0.39 is 0 Å². The minimum atomic E-state index is -0.266. The van der Waals surface area contributed by atoms with Crippen LogP contribution in [0.5, 0.6) is 5.75 Å². The fraction of sp³-hybridized carbons (Fsp3) is 0.222. The van der Waals surface area contributed by atoms with Crippen molar-refractivity contribution in [3.63, 3.8) is 0 Å². The molecule has 2 aromatic rings. The minimum absolute atomic E-state index is 0.256. The molecule has 6 heteroatoms. The Hall–Kier alpha value is -2.18. The maximum atomic E-state index is 11.8. The van der Waals surface area contributed by atoms with E-state index in [9.17, 15) is 4.79 Å². The highest BCUT2D eigenvalue weighted by atomic mass is 32.1. The fourth-order valence-corrected chi connectivity index (χ4v) is 2.59. The molecule has 1 aromatic carbocycles. The molecule has 0 fully saturated rings. The molecule has 126 valence electrons. The van der Waals surface area contributed by atoms with E-state index in [1.54, 1.807) is 17.4 Å². The van der Waals surface area contributed by atoms with Crippen LogP contribution in [0, 0.1) is 5.92 Å². The summed E-state index contributed by atoms with van der Waals surface area (Å²) in [6, 6.07) is 11.3. The number of thiocarbonyl (C=S) groups is 1. The van der Waals surface area contributed by atoms with E-state index in [4.69, 9.17) is 17.0 Å². The molecule has 0 aliphatic carbocycles. The summed E-state index contributed by atoms with van der Waals surface area (Å²) in [6.45, 7) is 4.88. The van der Waals surface area contributed by atoms with Crippen molar-refractivity contribution in [1.29, 1.82) is 0 Å². The van der Waals surface area contributed by atoms with Gasteiger partial charge in [0.15, 0.2) is 5.11 Å². The standard InChI is InChI=1S/C18H20N2O2S2/c1-13(2)12-22-15-7-5-14(6-8-15)19-18(23)20-17(21)10-9-16-4-3-11-24-16/h3-11,13H,12H2,1-2H3,(H2,19,20,21,23)/b10-9+. The van der Waals surface area contributed by atoms with Crippen molar-refractivity contribution in [3.05, 3.63) is 52.7 Å². The molecule has 0 aliphatic heterocycles. The predicted octanol–water partition coefficient (Wildman–Crippen LogP) is 4.31. The Bertz CT molecular complexity index is 692. The lowest BCUT2D eigenvalue weighted by Crippen LogP contribution is -2.32. The molecule has 0 spiro atoms. The number of carbonyl (C=O) groups is 1. The summed E-state index contributed by atoms with van der Waals surface area (Å²) < 4.78 is 5.62. The van der Waals surface area contributed by atoms with Gasteiger partial charge in [-0.2, -0.15) is 0 Å². The first-order valence-corrected chi connectivity index (χ1v) is 8.88. The number of amides is 1. The molecule has 0 radical (unpaired) electrons. The summed E-state index contributed by atoms with van der Waals surface area (Å²) in [5.41, 5.74) is 0.791. The summed E-state index contributed by atoms with van der Waals surface area (Å²) in [6.07, 6.45) is 3.21. The zero-order valence-corrected chi connectivity index (χ0v) is 15.2. The zero-order valence-electron chi connectivity index (χ0n) is 13.6. The van der Waals surface area contributed by atoms with Crippen molar-refractivity contribution in [2.75, 3.05) is 11.9 Å². The van der Waals surface area contributed by atoms with Crippen LogP contribution in [-0.4, -0.2) is 17.6 Å². The number of nitrogens with one attached hydrogen (secondary N) is 2. The summed E-state index contributed by atoms with van der Waals surface area (Å²) in [7, 11) is 0. The maximum Gasteiger partial charge on any atom is 0.250 e. The number of ether oxygens (including phenoxy) is 1. The first kappa shape index (κ1) is 18.2. The number of hydrogen-bond donors (Lipinski definition) is 2. The third-order valence-electron chi connectivity index (χ3n) is 2.87. The Morgan fingerprint density at radius 2 is 2.04 bits per heavy atom. The molecule has 0 saturated carbocycles. The van der Waals surface area contributed by atoms with Crippen molar-refractivity contribution in [3.8, 4) is 5.75 Å². The van der Waals surface area contributed by atoms with Gasteiger partial charge in [0, 0.05) is 16.6 Å². The molecule has 0 bridgehead atoms. The average molecular weight is 361 g/mol. The quantitative estimate of drug-likeness (QED) is 0.595. The van der Waals surface area contributed by atoms with Gasteiger partial charge in [0.2, 0.25) is 5.91 Å². The third-order valence-corrected chi connectivity index (χ3v) is 3.92. The smallest absolute Gasteiger partial charge is 0.250 e. The van der Waals surface area contributed by atoms with E-state index in [1.165, 1.54) is 6.08 Å². The van der Waals surface area contributed by atoms with Crippen molar-refractivity contribution in [2.24, 2.45) is 5.92 Å². The lowest BCUT2D eigenvalue weighted by atomic mass is 10.2. The lowest BCUT2D eigenvalue weighted by molar-refractivity contribution is -0.115. The van der Waals surface area contributed by atoms with Crippen molar-refractivity contribution >= 4 is 46.3 Å². The van der Waals surface area contributed by atoms with Crippen LogP contribution in [0.4, 0.5) is 5.69 Å². The van der Waals surface area contributed by atoms with Gasteiger partial charge >= 0.3 is 0 Å². The molecule has 2 N–H and O–H groups in total. The summed E-state index contributed by atoms with van der Waals surface area (Å²) in [4.78, 5) is 12.8.